The average molecular weight is 173 g/mol. The lowest BCUT2D eigenvalue weighted by Gasteiger charge is -2.06. The third-order valence-electron chi connectivity index (χ3n) is 2.16. The van der Waals surface area contributed by atoms with E-state index in [-0.39, 0.29) is 0 Å². The number of nitrogens with zero attached hydrogens (tertiary/aromatic N) is 3. The van der Waals surface area contributed by atoms with Crippen LogP contribution in [-0.2, 0) is 0 Å². The molecule has 4 nitrogen and oxygen atoms in total. The van der Waals surface area contributed by atoms with Crippen LogP contribution in [0.15, 0.2) is 18.7 Å². The quantitative estimate of drug-likeness (QED) is 0.604. The molecule has 0 aliphatic carbocycles. The molecule has 0 amide bonds. The summed E-state index contributed by atoms with van der Waals surface area (Å²) in [4.78, 5) is 4.05. The van der Waals surface area contributed by atoms with Crippen LogP contribution in [0.2, 0.25) is 0 Å². The first kappa shape index (κ1) is 6.65. The number of hydrogen-bond donors (Lipinski definition) is 0. The molecule has 0 radical (unpaired) electrons. The summed E-state index contributed by atoms with van der Waals surface area (Å²) in [5.41, 5.74) is 3.14. The zero-order valence-corrected chi connectivity index (χ0v) is 7.06. The highest BCUT2D eigenvalue weighted by molar-refractivity contribution is 5.77. The van der Waals surface area contributed by atoms with Gasteiger partial charge in [0.1, 0.15) is 11.8 Å². The van der Waals surface area contributed by atoms with E-state index in [1.54, 1.807) is 6.26 Å². The van der Waals surface area contributed by atoms with Crippen LogP contribution in [0, 0.1) is 6.92 Å². The molecule has 3 rings (SSSR count). The van der Waals surface area contributed by atoms with Crippen LogP contribution < -0.4 is 4.74 Å². The van der Waals surface area contributed by atoms with Crippen molar-refractivity contribution < 1.29 is 4.74 Å². The number of ether oxygens (including phenoxy) is 1. The van der Waals surface area contributed by atoms with Gasteiger partial charge in [-0.3, -0.25) is 0 Å². The van der Waals surface area contributed by atoms with Gasteiger partial charge in [0, 0.05) is 11.3 Å². The molecule has 2 aromatic rings. The summed E-state index contributed by atoms with van der Waals surface area (Å²) in [6.07, 6.45) is 5.06. The van der Waals surface area contributed by atoms with Crippen molar-refractivity contribution in [3.8, 4) is 5.88 Å². The van der Waals surface area contributed by atoms with Gasteiger partial charge < -0.3 is 4.74 Å². The molecular weight excluding hydrogens is 166 g/mol. The number of hydrogen-bond acceptors (Lipinski definition) is 3. The SMILES string of the molecule is Cc1cc2c3c(ncnn13)OC=C2. The van der Waals surface area contributed by atoms with Crippen molar-refractivity contribution in [2.45, 2.75) is 6.92 Å². The molecule has 1 aliphatic rings. The molecule has 0 atom stereocenters. The smallest absolute Gasteiger partial charge is 0.247 e. The van der Waals surface area contributed by atoms with E-state index in [1.807, 2.05) is 17.5 Å². The van der Waals surface area contributed by atoms with Gasteiger partial charge in [0.2, 0.25) is 5.88 Å². The van der Waals surface area contributed by atoms with Crippen molar-refractivity contribution in [3.05, 3.63) is 29.9 Å². The lowest BCUT2D eigenvalue weighted by molar-refractivity contribution is 0.462. The average Bonchev–Trinajstić information content (AvgIpc) is 2.47. The highest BCUT2D eigenvalue weighted by Gasteiger charge is 2.14. The molecule has 0 unspecified atom stereocenters. The summed E-state index contributed by atoms with van der Waals surface area (Å²) in [5, 5.41) is 4.14. The molecule has 0 aromatic carbocycles. The van der Waals surface area contributed by atoms with Gasteiger partial charge in [-0.15, -0.1) is 0 Å². The highest BCUT2D eigenvalue weighted by Crippen LogP contribution is 2.27. The molecule has 4 heteroatoms. The fourth-order valence-corrected chi connectivity index (χ4v) is 1.59. The molecule has 0 N–H and O–H groups in total. The Balaban J connectivity index is 2.57. The van der Waals surface area contributed by atoms with Crippen molar-refractivity contribution in [2.75, 3.05) is 0 Å². The normalized spacial score (nSPS) is 13.3. The van der Waals surface area contributed by atoms with Crippen molar-refractivity contribution in [3.63, 3.8) is 0 Å². The van der Waals surface area contributed by atoms with Crippen LogP contribution in [0.1, 0.15) is 11.3 Å². The summed E-state index contributed by atoms with van der Waals surface area (Å²) in [7, 11) is 0. The fraction of sp³-hybridized carbons (Fsp3) is 0.111. The molecule has 0 spiro atoms. The van der Waals surface area contributed by atoms with Crippen LogP contribution in [-0.4, -0.2) is 14.6 Å². The third-order valence-corrected chi connectivity index (χ3v) is 2.16. The van der Waals surface area contributed by atoms with E-state index in [9.17, 15) is 0 Å². The van der Waals surface area contributed by atoms with E-state index >= 15 is 0 Å². The van der Waals surface area contributed by atoms with E-state index in [0.29, 0.717) is 5.88 Å². The Morgan fingerprint density at radius 2 is 2.38 bits per heavy atom. The third kappa shape index (κ3) is 0.744. The van der Waals surface area contributed by atoms with Crippen molar-refractivity contribution in [1.29, 1.82) is 0 Å². The standard InChI is InChI=1S/C9H7N3O/c1-6-4-7-2-3-13-9-8(7)12(6)11-5-10-9/h2-5H,1H3. The summed E-state index contributed by atoms with van der Waals surface area (Å²) in [6.45, 7) is 2.01. The second kappa shape index (κ2) is 2.10. The first-order valence-corrected chi connectivity index (χ1v) is 4.03. The van der Waals surface area contributed by atoms with Gasteiger partial charge in [-0.05, 0) is 19.1 Å². The van der Waals surface area contributed by atoms with Gasteiger partial charge in [0.05, 0.1) is 6.26 Å². The molecule has 0 saturated carbocycles. The minimum atomic E-state index is 0.626. The molecule has 0 saturated heterocycles. The molecular formula is C9H7N3O. The van der Waals surface area contributed by atoms with Gasteiger partial charge in [-0.1, -0.05) is 0 Å². The van der Waals surface area contributed by atoms with Crippen LogP contribution in [0.4, 0.5) is 0 Å². The zero-order valence-electron chi connectivity index (χ0n) is 7.06. The monoisotopic (exact) mass is 173 g/mol. The Bertz CT molecular complexity index is 513. The van der Waals surface area contributed by atoms with Crippen molar-refractivity contribution >= 4 is 11.6 Å². The first-order chi connectivity index (χ1) is 6.36. The molecule has 13 heavy (non-hydrogen) atoms. The Morgan fingerprint density at radius 3 is 3.31 bits per heavy atom. The summed E-state index contributed by atoms with van der Waals surface area (Å²) in [5.74, 6) is 0.626. The van der Waals surface area contributed by atoms with Gasteiger partial charge in [0.25, 0.3) is 0 Å². The minimum absolute atomic E-state index is 0.626. The van der Waals surface area contributed by atoms with Gasteiger partial charge in [-0.2, -0.15) is 10.1 Å². The molecule has 0 fully saturated rings. The first-order valence-electron chi connectivity index (χ1n) is 4.03. The molecule has 2 aromatic heterocycles. The number of rotatable bonds is 0. The van der Waals surface area contributed by atoms with E-state index in [1.165, 1.54) is 6.33 Å². The van der Waals surface area contributed by atoms with Gasteiger partial charge in [0.15, 0.2) is 0 Å². The van der Waals surface area contributed by atoms with E-state index in [0.717, 1.165) is 16.8 Å². The van der Waals surface area contributed by atoms with Gasteiger partial charge >= 0.3 is 0 Å². The maximum Gasteiger partial charge on any atom is 0.247 e. The Kier molecular flexibility index (Phi) is 1.07. The number of aromatic nitrogens is 3. The summed E-state index contributed by atoms with van der Waals surface area (Å²) in [6, 6.07) is 2.06. The van der Waals surface area contributed by atoms with Crippen molar-refractivity contribution in [1.82, 2.24) is 14.6 Å². The van der Waals surface area contributed by atoms with Crippen LogP contribution in [0.25, 0.3) is 11.6 Å². The van der Waals surface area contributed by atoms with E-state index < -0.39 is 0 Å². The largest absolute Gasteiger partial charge is 0.445 e. The Morgan fingerprint density at radius 1 is 1.46 bits per heavy atom. The number of aryl methyl sites for hydroxylation is 1. The second-order valence-electron chi connectivity index (χ2n) is 2.99. The second-order valence-corrected chi connectivity index (χ2v) is 2.99. The van der Waals surface area contributed by atoms with Crippen molar-refractivity contribution in [2.24, 2.45) is 0 Å². The predicted molar refractivity (Wildman–Crippen MR) is 47.4 cm³/mol. The zero-order chi connectivity index (χ0) is 8.84. The maximum atomic E-state index is 5.26. The Hall–Kier alpha value is -1.84. The Labute approximate surface area is 74.5 Å². The fourth-order valence-electron chi connectivity index (χ4n) is 1.59. The molecule has 1 aliphatic heterocycles. The topological polar surface area (TPSA) is 39.4 Å². The summed E-state index contributed by atoms with van der Waals surface area (Å²) >= 11 is 0. The molecule has 64 valence electrons. The minimum Gasteiger partial charge on any atom is -0.445 e. The van der Waals surface area contributed by atoms with E-state index in [4.69, 9.17) is 4.74 Å². The van der Waals surface area contributed by atoms with E-state index in [2.05, 4.69) is 16.1 Å². The maximum absolute atomic E-state index is 5.26. The molecule has 3 heterocycles. The lowest BCUT2D eigenvalue weighted by atomic mass is 10.2. The van der Waals surface area contributed by atoms with Crippen LogP contribution in [0.3, 0.4) is 0 Å². The lowest BCUT2D eigenvalue weighted by Crippen LogP contribution is -2.00. The van der Waals surface area contributed by atoms with Crippen LogP contribution in [0.5, 0.6) is 5.88 Å². The summed E-state index contributed by atoms with van der Waals surface area (Å²) < 4.78 is 7.09. The molecule has 0 bridgehead atoms. The van der Waals surface area contributed by atoms with Crippen LogP contribution >= 0.6 is 0 Å². The highest BCUT2D eigenvalue weighted by atomic mass is 16.5. The predicted octanol–water partition coefficient (Wildman–Crippen LogP) is 1.40. The van der Waals surface area contributed by atoms with Gasteiger partial charge in [-0.25, -0.2) is 4.52 Å².